The van der Waals surface area contributed by atoms with E-state index in [9.17, 15) is 0 Å². The van der Waals surface area contributed by atoms with Crippen molar-refractivity contribution in [3.05, 3.63) is 95.4 Å². The van der Waals surface area contributed by atoms with Gasteiger partial charge < -0.3 is 19.3 Å². The Morgan fingerprint density at radius 1 is 1.22 bits per heavy atom. The number of allylic oxidation sites excluding steroid dienone is 8. The van der Waals surface area contributed by atoms with Crippen LogP contribution in [-0.2, 0) is 9.47 Å². The van der Waals surface area contributed by atoms with E-state index >= 15 is 0 Å². The molecule has 0 aromatic heterocycles. The molecule has 3 aliphatic heterocycles. The summed E-state index contributed by atoms with van der Waals surface area (Å²) in [5.74, 6) is 0.935. The Hall–Kier alpha value is -2.80. The molecule has 1 aromatic rings. The Kier molecular flexibility index (Phi) is 7.89. The van der Waals surface area contributed by atoms with E-state index in [4.69, 9.17) is 9.47 Å². The van der Waals surface area contributed by atoms with Gasteiger partial charge in [-0.2, -0.15) is 0 Å². The summed E-state index contributed by atoms with van der Waals surface area (Å²) in [6.45, 7) is 13.0. The van der Waals surface area contributed by atoms with Gasteiger partial charge in [0.25, 0.3) is 0 Å². The van der Waals surface area contributed by atoms with Crippen LogP contribution >= 0.6 is 11.8 Å². The Balaban J connectivity index is 1.25. The van der Waals surface area contributed by atoms with E-state index in [0.29, 0.717) is 0 Å². The molecule has 3 heterocycles. The number of aliphatic imine (C=N–C) groups is 1. The van der Waals surface area contributed by atoms with Crippen LogP contribution in [0.5, 0.6) is 0 Å². The van der Waals surface area contributed by atoms with Crippen molar-refractivity contribution in [2.75, 3.05) is 24.5 Å². The van der Waals surface area contributed by atoms with Crippen molar-refractivity contribution in [3.8, 4) is 0 Å². The first-order valence-electron chi connectivity index (χ1n) is 13.2. The number of ether oxygens (including phenoxy) is 2. The van der Waals surface area contributed by atoms with Gasteiger partial charge in [-0.05, 0) is 70.0 Å². The van der Waals surface area contributed by atoms with Crippen molar-refractivity contribution in [1.82, 2.24) is 4.90 Å². The number of anilines is 1. The van der Waals surface area contributed by atoms with Crippen molar-refractivity contribution in [3.63, 3.8) is 0 Å². The summed E-state index contributed by atoms with van der Waals surface area (Å²) < 4.78 is 12.5. The highest BCUT2D eigenvalue weighted by molar-refractivity contribution is 8.03. The molecule has 0 N–H and O–H groups in total. The zero-order valence-electron chi connectivity index (χ0n) is 22.1. The fourth-order valence-corrected chi connectivity index (χ4v) is 6.17. The average Bonchev–Trinajstić information content (AvgIpc) is 3.07. The van der Waals surface area contributed by atoms with Crippen LogP contribution in [0.25, 0.3) is 0 Å². The van der Waals surface area contributed by atoms with Crippen molar-refractivity contribution in [2.45, 2.75) is 62.9 Å². The number of benzene rings is 1. The maximum Gasteiger partial charge on any atom is 0.154 e. The molecular formula is C31H37N3O2S. The molecule has 1 atom stereocenters. The highest BCUT2D eigenvalue weighted by Gasteiger charge is 2.30. The van der Waals surface area contributed by atoms with Gasteiger partial charge in [0.1, 0.15) is 18.0 Å². The summed E-state index contributed by atoms with van der Waals surface area (Å²) in [6.07, 6.45) is 19.8. The van der Waals surface area contributed by atoms with Gasteiger partial charge in [0, 0.05) is 47.8 Å². The van der Waals surface area contributed by atoms with Crippen LogP contribution in [0.15, 0.2) is 105 Å². The maximum absolute atomic E-state index is 6.47. The zero-order valence-corrected chi connectivity index (χ0v) is 22.9. The standard InChI is InChI=1S/C31H37N3O2S/c1-5-6-12-28-23(2)37-30-14-8-7-13-29(30)34(28)24-10-9-11-25(16-15-24)35-26-17-19-33(20-18-26)22-27-21-32-31(3,4)36-27/h5-9,11-16,21,26-27H,1,10,17-20,22H2,2-4H3. The lowest BCUT2D eigenvalue weighted by molar-refractivity contribution is -0.0339. The minimum absolute atomic E-state index is 0.0887. The number of nitrogens with zero attached hydrogens (tertiary/aromatic N) is 3. The molecule has 1 saturated heterocycles. The molecule has 0 spiro atoms. The largest absolute Gasteiger partial charge is 0.490 e. The van der Waals surface area contributed by atoms with Gasteiger partial charge in [-0.15, -0.1) is 0 Å². The lowest BCUT2D eigenvalue weighted by atomic mass is 10.1. The van der Waals surface area contributed by atoms with Crippen LogP contribution in [0.3, 0.4) is 0 Å². The SMILES string of the molecule is C=CC=CC1=C(C)Sc2ccccc2N1C1=CC=C(OC2CCN(CC3C=NC(C)(C)O3)CC2)C=CC1. The van der Waals surface area contributed by atoms with Gasteiger partial charge in [-0.25, -0.2) is 0 Å². The Morgan fingerprint density at radius 3 is 2.78 bits per heavy atom. The molecular weight excluding hydrogens is 478 g/mol. The first-order chi connectivity index (χ1) is 17.9. The summed E-state index contributed by atoms with van der Waals surface area (Å²) in [5.41, 5.74) is 3.24. The first-order valence-corrected chi connectivity index (χ1v) is 14.0. The molecule has 0 saturated carbocycles. The molecule has 6 heteroatoms. The highest BCUT2D eigenvalue weighted by Crippen LogP contribution is 2.45. The fourth-order valence-electron chi connectivity index (χ4n) is 5.17. The van der Waals surface area contributed by atoms with Crippen molar-refractivity contribution in [1.29, 1.82) is 0 Å². The molecule has 1 aromatic carbocycles. The Bertz CT molecular complexity index is 1200. The van der Waals surface area contributed by atoms with Crippen LogP contribution in [0.1, 0.15) is 40.0 Å². The zero-order chi connectivity index (χ0) is 25.8. The third-order valence-corrected chi connectivity index (χ3v) is 8.04. The predicted molar refractivity (Wildman–Crippen MR) is 155 cm³/mol. The summed E-state index contributed by atoms with van der Waals surface area (Å²) >= 11 is 1.83. The van der Waals surface area contributed by atoms with E-state index in [1.165, 1.54) is 26.9 Å². The Labute approximate surface area is 225 Å². The molecule has 5 nitrogen and oxygen atoms in total. The number of para-hydroxylation sites is 1. The summed E-state index contributed by atoms with van der Waals surface area (Å²) in [7, 11) is 0. The van der Waals surface area contributed by atoms with Crippen LogP contribution in [0, 0.1) is 0 Å². The Morgan fingerprint density at radius 2 is 2.03 bits per heavy atom. The lowest BCUT2D eigenvalue weighted by Gasteiger charge is -2.34. The van der Waals surface area contributed by atoms with E-state index < -0.39 is 0 Å². The van der Waals surface area contributed by atoms with Gasteiger partial charge in [0.2, 0.25) is 0 Å². The van der Waals surface area contributed by atoms with Crippen LogP contribution in [0.4, 0.5) is 5.69 Å². The predicted octanol–water partition coefficient (Wildman–Crippen LogP) is 6.99. The van der Waals surface area contributed by atoms with E-state index in [0.717, 1.165) is 44.7 Å². The second kappa shape index (κ2) is 11.3. The normalized spacial score (nSPS) is 24.2. The molecule has 194 valence electrons. The number of piperidine rings is 1. The van der Waals surface area contributed by atoms with Gasteiger partial charge in [-0.3, -0.25) is 4.99 Å². The molecule has 1 fully saturated rings. The summed E-state index contributed by atoms with van der Waals surface area (Å²) in [6, 6.07) is 8.61. The number of likely N-dealkylation sites (tertiary alicyclic amines) is 1. The molecule has 1 aliphatic carbocycles. The first kappa shape index (κ1) is 25.8. The molecule has 5 rings (SSSR count). The van der Waals surface area contributed by atoms with Crippen molar-refractivity contribution >= 4 is 23.7 Å². The van der Waals surface area contributed by atoms with Crippen LogP contribution in [-0.4, -0.2) is 48.7 Å². The number of thioether (sulfide) groups is 1. The van der Waals surface area contributed by atoms with Gasteiger partial charge in [0.05, 0.1) is 11.4 Å². The van der Waals surface area contributed by atoms with E-state index in [2.05, 4.69) is 82.9 Å². The van der Waals surface area contributed by atoms with E-state index in [1.807, 2.05) is 44.0 Å². The minimum atomic E-state index is -0.386. The third kappa shape index (κ3) is 6.20. The average molecular weight is 516 g/mol. The monoisotopic (exact) mass is 515 g/mol. The lowest BCUT2D eigenvalue weighted by Crippen LogP contribution is -2.42. The summed E-state index contributed by atoms with van der Waals surface area (Å²) in [5, 5.41) is 0. The number of hydrogen-bond acceptors (Lipinski definition) is 6. The number of fused-ring (bicyclic) bond motifs is 1. The van der Waals surface area contributed by atoms with E-state index in [1.54, 1.807) is 0 Å². The third-order valence-electron chi connectivity index (χ3n) is 6.96. The van der Waals surface area contributed by atoms with Crippen molar-refractivity contribution in [2.24, 2.45) is 4.99 Å². The molecule has 4 aliphatic rings. The smallest absolute Gasteiger partial charge is 0.154 e. The maximum atomic E-state index is 6.47. The van der Waals surface area contributed by atoms with Gasteiger partial charge >= 0.3 is 0 Å². The highest BCUT2D eigenvalue weighted by atomic mass is 32.2. The molecule has 0 bridgehead atoms. The van der Waals surface area contributed by atoms with Gasteiger partial charge in [0.15, 0.2) is 5.72 Å². The second-order valence-corrected chi connectivity index (χ2v) is 11.5. The van der Waals surface area contributed by atoms with Gasteiger partial charge in [-0.1, -0.05) is 48.7 Å². The summed E-state index contributed by atoms with van der Waals surface area (Å²) in [4.78, 5) is 11.8. The number of hydrogen-bond donors (Lipinski definition) is 0. The molecule has 37 heavy (non-hydrogen) atoms. The van der Waals surface area contributed by atoms with Crippen LogP contribution in [0.2, 0.25) is 0 Å². The second-order valence-electron chi connectivity index (χ2n) is 10.3. The van der Waals surface area contributed by atoms with E-state index in [-0.39, 0.29) is 17.9 Å². The molecule has 0 radical (unpaired) electrons. The van der Waals surface area contributed by atoms with Crippen molar-refractivity contribution < 1.29 is 9.47 Å². The molecule has 1 unspecified atom stereocenters. The number of rotatable bonds is 7. The quantitative estimate of drug-likeness (QED) is 0.366. The topological polar surface area (TPSA) is 37.3 Å². The minimum Gasteiger partial charge on any atom is -0.490 e. The fraction of sp³-hybridized carbons (Fsp3) is 0.387. The molecule has 0 amide bonds. The van der Waals surface area contributed by atoms with Crippen LogP contribution < -0.4 is 4.90 Å².